The Morgan fingerprint density at radius 3 is 2.52 bits per heavy atom. The summed E-state index contributed by atoms with van der Waals surface area (Å²) < 4.78 is 14.9. The molecule has 1 nitrogen and oxygen atoms in total. The quantitative estimate of drug-likeness (QED) is 0.681. The molecule has 1 unspecified atom stereocenters. The van der Waals surface area contributed by atoms with E-state index in [4.69, 9.17) is 23.2 Å². The topological polar surface area (TPSA) is 12.0 Å². The summed E-state index contributed by atoms with van der Waals surface area (Å²) in [6.07, 6.45) is 0.642. The van der Waals surface area contributed by atoms with Gasteiger partial charge in [-0.2, -0.15) is 0 Å². The first-order valence-corrected chi connectivity index (χ1v) is 8.18. The van der Waals surface area contributed by atoms with Crippen LogP contribution in [0.15, 0.2) is 40.9 Å². The molecule has 0 aliphatic carbocycles. The summed E-state index contributed by atoms with van der Waals surface area (Å²) in [5.74, 6) is -0.226. The molecule has 0 saturated heterocycles. The summed E-state index contributed by atoms with van der Waals surface area (Å²) in [7, 11) is 0. The molecule has 5 heteroatoms. The maximum absolute atomic E-state index is 14.2. The molecule has 0 amide bonds. The van der Waals surface area contributed by atoms with Crippen molar-refractivity contribution < 1.29 is 4.39 Å². The molecule has 21 heavy (non-hydrogen) atoms. The molecule has 0 spiro atoms. The molecule has 0 heterocycles. The first-order valence-electron chi connectivity index (χ1n) is 6.63. The molecule has 0 saturated carbocycles. The lowest BCUT2D eigenvalue weighted by atomic mass is 9.98. The second kappa shape index (κ2) is 7.59. The smallest absolute Gasteiger partial charge is 0.129 e. The molecule has 112 valence electrons. The van der Waals surface area contributed by atoms with Crippen molar-refractivity contribution in [2.45, 2.75) is 19.4 Å². The van der Waals surface area contributed by atoms with Crippen molar-refractivity contribution in [2.24, 2.45) is 0 Å². The second-order valence-corrected chi connectivity index (χ2v) is 6.46. The highest BCUT2D eigenvalue weighted by Gasteiger charge is 2.16. The average Bonchev–Trinajstić information content (AvgIpc) is 2.42. The fourth-order valence-electron chi connectivity index (χ4n) is 2.22. The third-order valence-corrected chi connectivity index (χ3v) is 4.44. The molecule has 2 aromatic rings. The Morgan fingerprint density at radius 1 is 1.14 bits per heavy atom. The molecule has 1 N–H and O–H groups in total. The van der Waals surface area contributed by atoms with Crippen LogP contribution in [0.3, 0.4) is 0 Å². The fraction of sp³-hybridized carbons (Fsp3) is 0.250. The fourth-order valence-corrected chi connectivity index (χ4v) is 2.88. The molecular weight excluding hydrogens is 376 g/mol. The zero-order valence-corrected chi connectivity index (χ0v) is 14.6. The monoisotopic (exact) mass is 389 g/mol. The van der Waals surface area contributed by atoms with Crippen LogP contribution >= 0.6 is 39.1 Å². The number of benzene rings is 2. The normalized spacial score (nSPS) is 12.4. The lowest BCUT2D eigenvalue weighted by Crippen LogP contribution is -2.24. The second-order valence-electron chi connectivity index (χ2n) is 4.73. The van der Waals surface area contributed by atoms with Crippen LogP contribution in [0, 0.1) is 5.82 Å². The van der Waals surface area contributed by atoms with Gasteiger partial charge in [-0.05, 0) is 42.8 Å². The van der Waals surface area contributed by atoms with Crippen LogP contribution in [0.2, 0.25) is 10.0 Å². The first kappa shape index (κ1) is 16.8. The first-order chi connectivity index (χ1) is 10.0. The molecule has 2 rings (SSSR count). The van der Waals surface area contributed by atoms with Gasteiger partial charge >= 0.3 is 0 Å². The Labute approximate surface area is 142 Å². The van der Waals surface area contributed by atoms with E-state index in [9.17, 15) is 4.39 Å². The number of hydrogen-bond donors (Lipinski definition) is 1. The van der Waals surface area contributed by atoms with E-state index in [1.807, 2.05) is 25.1 Å². The van der Waals surface area contributed by atoms with E-state index in [0.717, 1.165) is 16.6 Å². The van der Waals surface area contributed by atoms with Gasteiger partial charge in [0.05, 0.1) is 10.0 Å². The molecule has 0 radical (unpaired) electrons. The summed E-state index contributed by atoms with van der Waals surface area (Å²) in [5, 5.41) is 4.35. The predicted octanol–water partition coefficient (Wildman–Crippen LogP) is 5.79. The summed E-state index contributed by atoms with van der Waals surface area (Å²) in [4.78, 5) is 0. The molecule has 1 atom stereocenters. The third-order valence-electron chi connectivity index (χ3n) is 3.21. The van der Waals surface area contributed by atoms with Gasteiger partial charge in [0, 0.05) is 16.1 Å². The van der Waals surface area contributed by atoms with Gasteiger partial charge in [-0.25, -0.2) is 4.39 Å². The van der Waals surface area contributed by atoms with Gasteiger partial charge in [-0.1, -0.05) is 58.2 Å². The predicted molar refractivity (Wildman–Crippen MR) is 90.7 cm³/mol. The number of halogens is 4. The molecular formula is C16H15BrCl2FN. The van der Waals surface area contributed by atoms with Gasteiger partial charge in [-0.3, -0.25) is 0 Å². The minimum absolute atomic E-state index is 0.111. The van der Waals surface area contributed by atoms with Crippen molar-refractivity contribution in [1.82, 2.24) is 5.32 Å². The lowest BCUT2D eigenvalue weighted by Gasteiger charge is -2.19. The van der Waals surface area contributed by atoms with Crippen LogP contribution in [0.1, 0.15) is 24.1 Å². The molecule has 2 aromatic carbocycles. The lowest BCUT2D eigenvalue weighted by molar-refractivity contribution is 0.509. The van der Waals surface area contributed by atoms with E-state index >= 15 is 0 Å². The summed E-state index contributed by atoms with van der Waals surface area (Å²) in [6, 6.07) is 10.5. The minimum Gasteiger partial charge on any atom is -0.310 e. The Hall–Kier alpha value is -0.610. The maximum Gasteiger partial charge on any atom is 0.129 e. The zero-order valence-electron chi connectivity index (χ0n) is 11.5. The summed E-state index contributed by atoms with van der Waals surface area (Å²) in [5.41, 5.74) is 1.66. The molecule has 0 aliphatic rings. The van der Waals surface area contributed by atoms with E-state index in [0.29, 0.717) is 22.0 Å². The van der Waals surface area contributed by atoms with Gasteiger partial charge in [0.2, 0.25) is 0 Å². The maximum atomic E-state index is 14.2. The van der Waals surface area contributed by atoms with Crippen molar-refractivity contribution in [2.75, 3.05) is 6.54 Å². The van der Waals surface area contributed by atoms with Crippen LogP contribution in [0.5, 0.6) is 0 Å². The standard InChI is InChI=1S/C16H15BrCl2FN/c1-2-21-16(12-5-4-11(17)9-15(12)20)8-10-3-6-13(18)14(19)7-10/h3-7,9,16,21H,2,8H2,1H3. The zero-order chi connectivity index (χ0) is 15.4. The van der Waals surface area contributed by atoms with E-state index in [-0.39, 0.29) is 11.9 Å². The number of hydrogen-bond acceptors (Lipinski definition) is 1. The van der Waals surface area contributed by atoms with Crippen LogP contribution in [0.4, 0.5) is 4.39 Å². The van der Waals surface area contributed by atoms with Crippen LogP contribution in [-0.2, 0) is 6.42 Å². The number of nitrogens with one attached hydrogen (secondary N) is 1. The van der Waals surface area contributed by atoms with E-state index < -0.39 is 0 Å². The Balaban J connectivity index is 2.28. The molecule has 0 bridgehead atoms. The van der Waals surface area contributed by atoms with Crippen molar-refractivity contribution in [1.29, 1.82) is 0 Å². The summed E-state index contributed by atoms with van der Waals surface area (Å²) >= 11 is 15.2. The minimum atomic E-state index is -0.226. The Bertz CT molecular complexity index is 634. The molecule has 0 aromatic heterocycles. The van der Waals surface area contributed by atoms with Crippen LogP contribution < -0.4 is 5.32 Å². The summed E-state index contributed by atoms with van der Waals surface area (Å²) in [6.45, 7) is 2.75. The van der Waals surface area contributed by atoms with Gasteiger partial charge < -0.3 is 5.32 Å². The highest BCUT2D eigenvalue weighted by atomic mass is 79.9. The van der Waals surface area contributed by atoms with Crippen LogP contribution in [-0.4, -0.2) is 6.54 Å². The van der Waals surface area contributed by atoms with Gasteiger partial charge in [0.15, 0.2) is 0 Å². The Kier molecular flexibility index (Phi) is 6.06. The molecule has 0 aliphatic heterocycles. The van der Waals surface area contributed by atoms with Crippen molar-refractivity contribution in [3.63, 3.8) is 0 Å². The van der Waals surface area contributed by atoms with E-state index in [2.05, 4.69) is 21.2 Å². The van der Waals surface area contributed by atoms with Gasteiger partial charge in [0.25, 0.3) is 0 Å². The van der Waals surface area contributed by atoms with E-state index in [1.165, 1.54) is 6.07 Å². The van der Waals surface area contributed by atoms with Gasteiger partial charge in [0.1, 0.15) is 5.82 Å². The van der Waals surface area contributed by atoms with Crippen molar-refractivity contribution >= 4 is 39.1 Å². The Morgan fingerprint density at radius 2 is 1.90 bits per heavy atom. The average molecular weight is 391 g/mol. The number of likely N-dealkylation sites (N-methyl/N-ethyl adjacent to an activating group) is 1. The van der Waals surface area contributed by atoms with Gasteiger partial charge in [-0.15, -0.1) is 0 Å². The van der Waals surface area contributed by atoms with E-state index in [1.54, 1.807) is 12.1 Å². The molecule has 0 fully saturated rings. The SMILES string of the molecule is CCNC(Cc1ccc(Cl)c(Cl)c1)c1ccc(Br)cc1F. The number of rotatable bonds is 5. The third kappa shape index (κ3) is 4.43. The highest BCUT2D eigenvalue weighted by molar-refractivity contribution is 9.10. The van der Waals surface area contributed by atoms with Crippen molar-refractivity contribution in [3.8, 4) is 0 Å². The largest absolute Gasteiger partial charge is 0.310 e. The highest BCUT2D eigenvalue weighted by Crippen LogP contribution is 2.27. The van der Waals surface area contributed by atoms with Crippen molar-refractivity contribution in [3.05, 3.63) is 67.9 Å². The van der Waals surface area contributed by atoms with Crippen LogP contribution in [0.25, 0.3) is 0 Å².